The van der Waals surface area contributed by atoms with Crippen molar-refractivity contribution >= 4 is 0 Å². The molecule has 2 rings (SSSR count). The van der Waals surface area contributed by atoms with Crippen molar-refractivity contribution in [2.24, 2.45) is 11.7 Å². The Morgan fingerprint density at radius 2 is 2.19 bits per heavy atom. The van der Waals surface area contributed by atoms with Crippen LogP contribution in [0.15, 0.2) is 24.3 Å². The molecule has 0 spiro atoms. The molecule has 0 amide bonds. The first kappa shape index (κ1) is 11.6. The third-order valence-corrected chi connectivity index (χ3v) is 3.38. The van der Waals surface area contributed by atoms with Gasteiger partial charge >= 0.3 is 0 Å². The van der Waals surface area contributed by atoms with Crippen molar-refractivity contribution in [1.82, 2.24) is 5.32 Å². The van der Waals surface area contributed by atoms with Crippen LogP contribution in [0.2, 0.25) is 0 Å². The van der Waals surface area contributed by atoms with E-state index in [0.29, 0.717) is 6.04 Å². The molecule has 0 aromatic heterocycles. The molecule has 1 aliphatic carbocycles. The molecule has 0 radical (unpaired) electrons. The third-order valence-electron chi connectivity index (χ3n) is 3.38. The second-order valence-corrected chi connectivity index (χ2v) is 5.04. The van der Waals surface area contributed by atoms with E-state index in [1.807, 2.05) is 0 Å². The molecule has 0 heterocycles. The van der Waals surface area contributed by atoms with Gasteiger partial charge in [-0.3, -0.25) is 0 Å². The fourth-order valence-electron chi connectivity index (χ4n) is 2.36. The van der Waals surface area contributed by atoms with Crippen molar-refractivity contribution in [1.29, 1.82) is 0 Å². The number of nitrogens with two attached hydrogens (primary N) is 1. The van der Waals surface area contributed by atoms with Crippen LogP contribution in [-0.2, 0) is 6.42 Å². The number of hydrogen-bond acceptors (Lipinski definition) is 2. The highest BCUT2D eigenvalue weighted by atomic mass is 14.9. The largest absolute Gasteiger partial charge is 0.328 e. The second kappa shape index (κ2) is 5.46. The van der Waals surface area contributed by atoms with Gasteiger partial charge in [-0.25, -0.2) is 0 Å². The third kappa shape index (κ3) is 3.32. The van der Waals surface area contributed by atoms with Gasteiger partial charge in [-0.1, -0.05) is 29.8 Å². The molecule has 3 N–H and O–H groups in total. The van der Waals surface area contributed by atoms with E-state index >= 15 is 0 Å². The topological polar surface area (TPSA) is 38.0 Å². The zero-order chi connectivity index (χ0) is 11.4. The summed E-state index contributed by atoms with van der Waals surface area (Å²) in [6.45, 7) is 4.36. The molecule has 1 saturated carbocycles. The molecule has 0 unspecified atom stereocenters. The second-order valence-electron chi connectivity index (χ2n) is 5.04. The van der Waals surface area contributed by atoms with Crippen LogP contribution in [0.5, 0.6) is 0 Å². The molecular weight excluding hydrogens is 196 g/mol. The van der Waals surface area contributed by atoms with Crippen LogP contribution < -0.4 is 11.1 Å². The van der Waals surface area contributed by atoms with Crippen molar-refractivity contribution in [3.05, 3.63) is 35.4 Å². The van der Waals surface area contributed by atoms with E-state index in [2.05, 4.69) is 36.5 Å². The van der Waals surface area contributed by atoms with Crippen LogP contribution in [0.1, 0.15) is 24.0 Å². The van der Waals surface area contributed by atoms with Crippen molar-refractivity contribution < 1.29 is 0 Å². The molecule has 88 valence electrons. The Bertz CT molecular complexity index is 329. The maximum absolute atomic E-state index is 5.75. The van der Waals surface area contributed by atoms with Crippen molar-refractivity contribution in [3.63, 3.8) is 0 Å². The molecule has 0 bridgehead atoms. The van der Waals surface area contributed by atoms with Crippen LogP contribution in [0, 0.1) is 12.8 Å². The highest BCUT2D eigenvalue weighted by molar-refractivity contribution is 5.22. The summed E-state index contributed by atoms with van der Waals surface area (Å²) in [6.07, 6.45) is 3.54. The van der Waals surface area contributed by atoms with E-state index in [1.165, 1.54) is 24.0 Å². The standard InChI is InChI=1S/C14H22N2/c1-11-3-2-4-12(7-11)5-6-16-10-13-8-14(15)9-13/h2-4,7,13-14,16H,5-6,8-10,15H2,1H3. The Labute approximate surface area is 98.2 Å². The van der Waals surface area contributed by atoms with E-state index in [-0.39, 0.29) is 0 Å². The predicted octanol–water partition coefficient (Wildman–Crippen LogP) is 1.86. The van der Waals surface area contributed by atoms with E-state index < -0.39 is 0 Å². The maximum Gasteiger partial charge on any atom is 0.00450 e. The van der Waals surface area contributed by atoms with Crippen LogP contribution >= 0.6 is 0 Å². The van der Waals surface area contributed by atoms with Gasteiger partial charge in [0.1, 0.15) is 0 Å². The Hall–Kier alpha value is -0.860. The minimum Gasteiger partial charge on any atom is -0.328 e. The van der Waals surface area contributed by atoms with Gasteiger partial charge in [0.05, 0.1) is 0 Å². The normalized spacial score (nSPS) is 24.1. The summed E-state index contributed by atoms with van der Waals surface area (Å²) < 4.78 is 0. The SMILES string of the molecule is Cc1cccc(CCNCC2CC(N)C2)c1. The number of benzene rings is 1. The lowest BCUT2D eigenvalue weighted by Crippen LogP contribution is -2.41. The van der Waals surface area contributed by atoms with Crippen molar-refractivity contribution in [3.8, 4) is 0 Å². The lowest BCUT2D eigenvalue weighted by molar-refractivity contribution is 0.257. The summed E-state index contributed by atoms with van der Waals surface area (Å²) in [5, 5.41) is 3.52. The summed E-state index contributed by atoms with van der Waals surface area (Å²) in [5.41, 5.74) is 8.53. The molecule has 0 saturated heterocycles. The van der Waals surface area contributed by atoms with Crippen LogP contribution in [0.3, 0.4) is 0 Å². The highest BCUT2D eigenvalue weighted by Crippen LogP contribution is 2.24. The number of hydrogen-bond donors (Lipinski definition) is 2. The molecule has 2 nitrogen and oxygen atoms in total. The predicted molar refractivity (Wildman–Crippen MR) is 68.5 cm³/mol. The molecule has 1 aliphatic rings. The molecule has 2 heteroatoms. The first-order valence-corrected chi connectivity index (χ1v) is 6.26. The van der Waals surface area contributed by atoms with Gasteiger partial charge in [-0.05, 0) is 50.8 Å². The average molecular weight is 218 g/mol. The van der Waals surface area contributed by atoms with E-state index in [9.17, 15) is 0 Å². The highest BCUT2D eigenvalue weighted by Gasteiger charge is 2.24. The van der Waals surface area contributed by atoms with Crippen molar-refractivity contribution in [2.45, 2.75) is 32.2 Å². The summed E-state index contributed by atoms with van der Waals surface area (Å²) in [6, 6.07) is 9.22. The first-order valence-electron chi connectivity index (χ1n) is 6.26. The van der Waals surface area contributed by atoms with Crippen LogP contribution in [0.4, 0.5) is 0 Å². The number of nitrogens with one attached hydrogen (secondary N) is 1. The van der Waals surface area contributed by atoms with Gasteiger partial charge in [0.15, 0.2) is 0 Å². The molecular formula is C14H22N2. The molecule has 1 aromatic rings. The Kier molecular flexibility index (Phi) is 3.97. The summed E-state index contributed by atoms with van der Waals surface area (Å²) >= 11 is 0. The Morgan fingerprint density at radius 3 is 2.88 bits per heavy atom. The zero-order valence-corrected chi connectivity index (χ0v) is 10.1. The zero-order valence-electron chi connectivity index (χ0n) is 10.1. The van der Waals surface area contributed by atoms with Gasteiger partial charge in [-0.15, -0.1) is 0 Å². The summed E-state index contributed by atoms with van der Waals surface area (Å²) in [7, 11) is 0. The quantitative estimate of drug-likeness (QED) is 0.740. The summed E-state index contributed by atoms with van der Waals surface area (Å²) in [5.74, 6) is 0.826. The fraction of sp³-hybridized carbons (Fsp3) is 0.571. The van der Waals surface area contributed by atoms with Crippen LogP contribution in [0.25, 0.3) is 0 Å². The average Bonchev–Trinajstić information content (AvgIpc) is 2.21. The monoisotopic (exact) mass is 218 g/mol. The van der Waals surface area contributed by atoms with E-state index in [1.54, 1.807) is 0 Å². The maximum atomic E-state index is 5.75. The van der Waals surface area contributed by atoms with E-state index in [0.717, 1.165) is 25.4 Å². The van der Waals surface area contributed by atoms with Crippen molar-refractivity contribution in [2.75, 3.05) is 13.1 Å². The van der Waals surface area contributed by atoms with Crippen LogP contribution in [-0.4, -0.2) is 19.1 Å². The number of rotatable bonds is 5. The lowest BCUT2D eigenvalue weighted by atomic mass is 9.81. The molecule has 1 aromatic carbocycles. The molecule has 16 heavy (non-hydrogen) atoms. The Balaban J connectivity index is 1.61. The van der Waals surface area contributed by atoms with Gasteiger partial charge in [0.25, 0.3) is 0 Å². The first-order chi connectivity index (χ1) is 7.74. The molecule has 0 aliphatic heterocycles. The number of aryl methyl sites for hydroxylation is 1. The molecule has 1 fully saturated rings. The lowest BCUT2D eigenvalue weighted by Gasteiger charge is -2.32. The minimum absolute atomic E-state index is 0.476. The Morgan fingerprint density at radius 1 is 1.38 bits per heavy atom. The van der Waals surface area contributed by atoms with Gasteiger partial charge < -0.3 is 11.1 Å². The smallest absolute Gasteiger partial charge is 0.00450 e. The van der Waals surface area contributed by atoms with E-state index in [4.69, 9.17) is 5.73 Å². The summed E-state index contributed by atoms with van der Waals surface area (Å²) in [4.78, 5) is 0. The fourth-order valence-corrected chi connectivity index (χ4v) is 2.36. The van der Waals surface area contributed by atoms with Gasteiger partial charge in [0, 0.05) is 6.04 Å². The molecule has 0 atom stereocenters. The van der Waals surface area contributed by atoms with Gasteiger partial charge in [0.2, 0.25) is 0 Å². The van der Waals surface area contributed by atoms with Gasteiger partial charge in [-0.2, -0.15) is 0 Å². The minimum atomic E-state index is 0.476.